The van der Waals surface area contributed by atoms with Gasteiger partial charge in [-0.1, -0.05) is 27.2 Å². The van der Waals surface area contributed by atoms with E-state index in [1.165, 1.54) is 23.9 Å². The van der Waals surface area contributed by atoms with Crippen molar-refractivity contribution >= 4 is 10.9 Å². The van der Waals surface area contributed by atoms with Gasteiger partial charge in [-0.25, -0.2) is 0 Å². The molecule has 4 heteroatoms. The number of aromatic amines is 1. The summed E-state index contributed by atoms with van der Waals surface area (Å²) in [5, 5.41) is 8.74. The fraction of sp³-hybridized carbons (Fsp3) is 0.611. The van der Waals surface area contributed by atoms with Crippen LogP contribution >= 0.6 is 0 Å². The highest BCUT2D eigenvalue weighted by atomic mass is 16.5. The third-order valence-electron chi connectivity index (χ3n) is 3.89. The van der Waals surface area contributed by atoms with Gasteiger partial charge < -0.3 is 9.64 Å². The molecule has 0 amide bonds. The molecule has 1 heterocycles. The predicted octanol–water partition coefficient (Wildman–Crippen LogP) is 4.22. The van der Waals surface area contributed by atoms with Crippen LogP contribution in [0.3, 0.4) is 0 Å². The summed E-state index contributed by atoms with van der Waals surface area (Å²) in [6.07, 6.45) is 3.53. The molecule has 0 spiro atoms. The van der Waals surface area contributed by atoms with E-state index in [0.29, 0.717) is 5.92 Å². The Labute approximate surface area is 133 Å². The number of fused-ring (bicyclic) bond motifs is 1. The zero-order valence-electron chi connectivity index (χ0n) is 14.4. The van der Waals surface area contributed by atoms with Gasteiger partial charge >= 0.3 is 0 Å². The molecule has 0 aliphatic carbocycles. The zero-order valence-corrected chi connectivity index (χ0v) is 14.4. The van der Waals surface area contributed by atoms with E-state index in [0.717, 1.165) is 37.4 Å². The molecule has 122 valence electrons. The molecule has 0 unspecified atom stereocenters. The first-order chi connectivity index (χ1) is 10.6. The summed E-state index contributed by atoms with van der Waals surface area (Å²) in [7, 11) is 2.16. The molecule has 0 fully saturated rings. The van der Waals surface area contributed by atoms with Crippen LogP contribution in [-0.2, 0) is 6.54 Å². The highest BCUT2D eigenvalue weighted by Crippen LogP contribution is 2.23. The summed E-state index contributed by atoms with van der Waals surface area (Å²) in [6, 6.07) is 6.16. The number of nitrogens with zero attached hydrogens (tertiary/aromatic N) is 2. The van der Waals surface area contributed by atoms with Crippen LogP contribution in [0.15, 0.2) is 18.2 Å². The van der Waals surface area contributed by atoms with Gasteiger partial charge in [-0.05, 0) is 50.6 Å². The molecule has 0 aliphatic rings. The van der Waals surface area contributed by atoms with Crippen LogP contribution in [-0.4, -0.2) is 35.3 Å². The quantitative estimate of drug-likeness (QED) is 0.754. The second kappa shape index (κ2) is 8.18. The Hall–Kier alpha value is -1.55. The second-order valence-electron chi connectivity index (χ2n) is 6.50. The van der Waals surface area contributed by atoms with Gasteiger partial charge in [0.15, 0.2) is 0 Å². The number of H-pyrrole nitrogens is 1. The Balaban J connectivity index is 2.04. The Kier molecular flexibility index (Phi) is 6.25. The molecule has 2 rings (SSSR count). The molecule has 4 nitrogen and oxygen atoms in total. The Morgan fingerprint density at radius 1 is 1.32 bits per heavy atom. The maximum absolute atomic E-state index is 5.86. The minimum absolute atomic E-state index is 0.667. The lowest BCUT2D eigenvalue weighted by Gasteiger charge is -2.15. The van der Waals surface area contributed by atoms with Gasteiger partial charge in [0, 0.05) is 11.9 Å². The minimum atomic E-state index is 0.667. The van der Waals surface area contributed by atoms with Gasteiger partial charge in [0.2, 0.25) is 0 Å². The highest BCUT2D eigenvalue weighted by molar-refractivity contribution is 5.82. The first-order valence-corrected chi connectivity index (χ1v) is 8.38. The van der Waals surface area contributed by atoms with Gasteiger partial charge in [-0.3, -0.25) is 5.10 Å². The van der Waals surface area contributed by atoms with E-state index in [1.807, 2.05) is 12.1 Å². The van der Waals surface area contributed by atoms with Crippen molar-refractivity contribution in [2.75, 3.05) is 20.2 Å². The first kappa shape index (κ1) is 16.8. The summed E-state index contributed by atoms with van der Waals surface area (Å²) in [5.74, 6) is 1.60. The van der Waals surface area contributed by atoms with E-state index in [2.05, 4.69) is 49.0 Å². The number of hydrogen-bond acceptors (Lipinski definition) is 3. The van der Waals surface area contributed by atoms with Crippen molar-refractivity contribution in [3.05, 3.63) is 23.9 Å². The molecule has 0 radical (unpaired) electrons. The monoisotopic (exact) mass is 303 g/mol. The lowest BCUT2D eigenvalue weighted by molar-refractivity contribution is 0.290. The predicted molar refractivity (Wildman–Crippen MR) is 92.3 cm³/mol. The fourth-order valence-corrected chi connectivity index (χ4v) is 2.44. The molecular formula is C18H29N3O. The van der Waals surface area contributed by atoms with E-state index in [4.69, 9.17) is 4.74 Å². The molecule has 0 atom stereocenters. The van der Waals surface area contributed by atoms with Crippen LogP contribution in [0.25, 0.3) is 10.9 Å². The molecule has 0 saturated heterocycles. The van der Waals surface area contributed by atoms with Crippen molar-refractivity contribution in [2.45, 2.75) is 46.6 Å². The summed E-state index contributed by atoms with van der Waals surface area (Å²) in [4.78, 5) is 2.34. The third-order valence-corrected chi connectivity index (χ3v) is 3.89. The molecule has 1 aromatic heterocycles. The number of benzene rings is 1. The maximum atomic E-state index is 5.86. The first-order valence-electron chi connectivity index (χ1n) is 8.38. The van der Waals surface area contributed by atoms with E-state index in [1.54, 1.807) is 0 Å². The Bertz CT molecular complexity index is 577. The largest absolute Gasteiger partial charge is 0.494 e. The fourth-order valence-electron chi connectivity index (χ4n) is 2.44. The third kappa shape index (κ3) is 4.73. The van der Waals surface area contributed by atoms with Crippen LogP contribution in [0.5, 0.6) is 5.75 Å². The SMILES string of the molecule is CCCCN(C)Cc1[nH]nc2ccc(OCCC(C)C)cc12. The van der Waals surface area contributed by atoms with E-state index in [9.17, 15) is 0 Å². The van der Waals surface area contributed by atoms with Gasteiger partial charge in [0.05, 0.1) is 17.8 Å². The van der Waals surface area contributed by atoms with Crippen molar-refractivity contribution in [2.24, 2.45) is 5.92 Å². The molecule has 1 aromatic carbocycles. The van der Waals surface area contributed by atoms with Gasteiger partial charge in [0.25, 0.3) is 0 Å². The average molecular weight is 303 g/mol. The topological polar surface area (TPSA) is 41.2 Å². The van der Waals surface area contributed by atoms with Crippen molar-refractivity contribution in [1.29, 1.82) is 0 Å². The lowest BCUT2D eigenvalue weighted by Crippen LogP contribution is -2.19. The summed E-state index contributed by atoms with van der Waals surface area (Å²) < 4.78 is 5.86. The molecule has 0 aliphatic heterocycles. The lowest BCUT2D eigenvalue weighted by atomic mass is 10.1. The van der Waals surface area contributed by atoms with Crippen LogP contribution in [0.2, 0.25) is 0 Å². The van der Waals surface area contributed by atoms with Crippen LogP contribution in [0.4, 0.5) is 0 Å². The molecule has 0 bridgehead atoms. The number of hydrogen-bond donors (Lipinski definition) is 1. The standard InChI is InChI=1S/C18H29N3O/c1-5-6-10-21(4)13-18-16-12-15(22-11-9-14(2)3)7-8-17(16)19-20-18/h7-8,12,14H,5-6,9-11,13H2,1-4H3,(H,19,20). The summed E-state index contributed by atoms with van der Waals surface area (Å²) in [6.45, 7) is 9.43. The molecule has 22 heavy (non-hydrogen) atoms. The Morgan fingerprint density at radius 2 is 2.14 bits per heavy atom. The van der Waals surface area contributed by atoms with Crippen molar-refractivity contribution in [3.8, 4) is 5.75 Å². The van der Waals surface area contributed by atoms with Crippen molar-refractivity contribution in [1.82, 2.24) is 15.1 Å². The van der Waals surface area contributed by atoms with E-state index in [-0.39, 0.29) is 0 Å². The summed E-state index contributed by atoms with van der Waals surface area (Å²) >= 11 is 0. The molecule has 1 N–H and O–H groups in total. The number of ether oxygens (including phenoxy) is 1. The molecular weight excluding hydrogens is 274 g/mol. The smallest absolute Gasteiger partial charge is 0.120 e. The Morgan fingerprint density at radius 3 is 2.86 bits per heavy atom. The number of aromatic nitrogens is 2. The van der Waals surface area contributed by atoms with Gasteiger partial charge in [0.1, 0.15) is 5.75 Å². The van der Waals surface area contributed by atoms with Crippen molar-refractivity contribution < 1.29 is 4.74 Å². The van der Waals surface area contributed by atoms with Crippen LogP contribution in [0, 0.1) is 5.92 Å². The van der Waals surface area contributed by atoms with Gasteiger partial charge in [-0.2, -0.15) is 5.10 Å². The zero-order chi connectivity index (χ0) is 15.9. The van der Waals surface area contributed by atoms with Crippen molar-refractivity contribution in [3.63, 3.8) is 0 Å². The molecule has 2 aromatic rings. The summed E-state index contributed by atoms with van der Waals surface area (Å²) in [5.41, 5.74) is 2.18. The number of nitrogens with one attached hydrogen (secondary N) is 1. The van der Waals surface area contributed by atoms with Crippen LogP contribution < -0.4 is 4.74 Å². The maximum Gasteiger partial charge on any atom is 0.120 e. The second-order valence-corrected chi connectivity index (χ2v) is 6.50. The number of unbranched alkanes of at least 4 members (excludes halogenated alkanes) is 1. The van der Waals surface area contributed by atoms with Gasteiger partial charge in [-0.15, -0.1) is 0 Å². The normalized spacial score (nSPS) is 11.7. The minimum Gasteiger partial charge on any atom is -0.494 e. The van der Waals surface area contributed by atoms with Crippen LogP contribution in [0.1, 0.15) is 45.7 Å². The number of rotatable bonds is 9. The highest BCUT2D eigenvalue weighted by Gasteiger charge is 2.09. The average Bonchev–Trinajstić information content (AvgIpc) is 2.87. The van der Waals surface area contributed by atoms with E-state index >= 15 is 0 Å². The van der Waals surface area contributed by atoms with E-state index < -0.39 is 0 Å². The molecule has 0 saturated carbocycles.